The third kappa shape index (κ3) is 9.77. The average molecular weight is 459 g/mol. The number of carboxylic acids is 2. The van der Waals surface area contributed by atoms with E-state index in [0.717, 1.165) is 36.8 Å². The van der Waals surface area contributed by atoms with Gasteiger partial charge in [-0.3, -0.25) is 13.8 Å². The van der Waals surface area contributed by atoms with Crippen molar-refractivity contribution in [2.45, 2.75) is 69.5 Å². The molecule has 0 aliphatic rings. The van der Waals surface area contributed by atoms with E-state index in [1.165, 1.54) is 31.2 Å². The molecule has 1 unspecified atom stereocenters. The number of aryl methyl sites for hydroxylation is 2. The van der Waals surface area contributed by atoms with Crippen LogP contribution in [0.25, 0.3) is 0 Å². The Morgan fingerprint density at radius 3 is 2.00 bits per heavy atom. The van der Waals surface area contributed by atoms with E-state index in [1.807, 2.05) is 30.3 Å². The maximum Gasteiger partial charge on any atom is 0.304 e. The molecule has 2 N–H and O–H groups in total. The molecule has 0 aliphatic heterocycles. The highest BCUT2D eigenvalue weighted by Crippen LogP contribution is 2.29. The smallest absolute Gasteiger partial charge is 0.304 e. The molecule has 0 saturated carbocycles. The van der Waals surface area contributed by atoms with Gasteiger partial charge in [0.15, 0.2) is 0 Å². The summed E-state index contributed by atoms with van der Waals surface area (Å²) in [5.74, 6) is -2.08. The summed E-state index contributed by atoms with van der Waals surface area (Å²) < 4.78 is 12.7. The fourth-order valence-corrected chi connectivity index (χ4v) is 5.41. The molecule has 2 aromatic rings. The van der Waals surface area contributed by atoms with Gasteiger partial charge in [0.25, 0.3) is 0 Å². The predicted octanol–water partition coefficient (Wildman–Crippen LogP) is 5.55. The van der Waals surface area contributed by atoms with Crippen LogP contribution in [0.2, 0.25) is 0 Å². The van der Waals surface area contributed by atoms with Crippen LogP contribution in [0.4, 0.5) is 0 Å². The molecule has 2 atom stereocenters. The molecule has 0 aliphatic carbocycles. The predicted molar refractivity (Wildman–Crippen MR) is 128 cm³/mol. The standard InChI is InChI=1S/C26H34O5S/c27-25(28)18-19-32(31)24(20-26(29)30)23-17-11-10-16-22(23)15-9-4-2-1-3-6-12-21-13-7-5-8-14-21/h5,7-8,10-11,13-14,16-17,24H,1-4,6,9,12,15,18-20H2,(H,27,28)(H,29,30)/t24-,32?/m0/s1. The molecule has 0 saturated heterocycles. The molecule has 5 nitrogen and oxygen atoms in total. The lowest BCUT2D eigenvalue weighted by molar-refractivity contribution is -0.137. The van der Waals surface area contributed by atoms with Crippen molar-refractivity contribution in [3.63, 3.8) is 0 Å². The van der Waals surface area contributed by atoms with E-state index >= 15 is 0 Å². The van der Waals surface area contributed by atoms with Crippen molar-refractivity contribution >= 4 is 22.7 Å². The number of hydrogen-bond acceptors (Lipinski definition) is 3. The van der Waals surface area contributed by atoms with Gasteiger partial charge in [-0.15, -0.1) is 0 Å². The number of unbranched alkanes of at least 4 members (excludes halogenated alkanes) is 5. The third-order valence-electron chi connectivity index (χ3n) is 5.60. The number of carboxylic acid groups (broad SMARTS) is 2. The topological polar surface area (TPSA) is 91.7 Å². The minimum absolute atomic E-state index is 0.0371. The summed E-state index contributed by atoms with van der Waals surface area (Å²) in [5, 5.41) is 17.5. The second-order valence-electron chi connectivity index (χ2n) is 8.12. The zero-order valence-electron chi connectivity index (χ0n) is 18.6. The van der Waals surface area contributed by atoms with Crippen LogP contribution in [-0.2, 0) is 33.2 Å². The Morgan fingerprint density at radius 2 is 1.34 bits per heavy atom. The van der Waals surface area contributed by atoms with Crippen molar-refractivity contribution in [1.29, 1.82) is 0 Å². The number of aliphatic carboxylic acids is 2. The van der Waals surface area contributed by atoms with Gasteiger partial charge in [-0.1, -0.05) is 80.3 Å². The number of benzene rings is 2. The van der Waals surface area contributed by atoms with Crippen LogP contribution >= 0.6 is 0 Å². The van der Waals surface area contributed by atoms with Crippen LogP contribution in [-0.4, -0.2) is 32.1 Å². The fraction of sp³-hybridized carbons (Fsp3) is 0.462. The van der Waals surface area contributed by atoms with E-state index in [1.54, 1.807) is 0 Å². The van der Waals surface area contributed by atoms with Crippen molar-refractivity contribution in [3.05, 3.63) is 71.3 Å². The first-order valence-corrected chi connectivity index (χ1v) is 12.8. The average Bonchev–Trinajstić information content (AvgIpc) is 2.78. The van der Waals surface area contributed by atoms with Gasteiger partial charge in [-0.2, -0.15) is 0 Å². The maximum atomic E-state index is 12.7. The Hall–Kier alpha value is -2.47. The van der Waals surface area contributed by atoms with Crippen molar-refractivity contribution in [2.75, 3.05) is 5.75 Å². The van der Waals surface area contributed by atoms with Gasteiger partial charge in [0.1, 0.15) is 0 Å². The summed E-state index contributed by atoms with van der Waals surface area (Å²) in [5.41, 5.74) is 3.19. The Labute approximate surface area is 193 Å². The summed E-state index contributed by atoms with van der Waals surface area (Å²) in [6.07, 6.45) is 8.34. The normalized spacial score (nSPS) is 12.9. The van der Waals surface area contributed by atoms with Crippen molar-refractivity contribution in [2.24, 2.45) is 0 Å². The van der Waals surface area contributed by atoms with E-state index in [9.17, 15) is 18.9 Å². The highest BCUT2D eigenvalue weighted by Gasteiger charge is 2.24. The molecule has 0 aromatic heterocycles. The minimum Gasteiger partial charge on any atom is -0.481 e. The summed E-state index contributed by atoms with van der Waals surface area (Å²) in [6, 6.07) is 18.1. The molecule has 0 heterocycles. The molecule has 0 amide bonds. The van der Waals surface area contributed by atoms with Crippen molar-refractivity contribution in [1.82, 2.24) is 0 Å². The van der Waals surface area contributed by atoms with E-state index in [2.05, 4.69) is 24.3 Å². The minimum atomic E-state index is -1.55. The highest BCUT2D eigenvalue weighted by molar-refractivity contribution is 7.85. The van der Waals surface area contributed by atoms with Gasteiger partial charge in [-0.25, -0.2) is 0 Å². The molecular weight excluding hydrogens is 424 g/mol. The van der Waals surface area contributed by atoms with Crippen LogP contribution in [0, 0.1) is 0 Å². The quantitative estimate of drug-likeness (QED) is 0.322. The Balaban J connectivity index is 1.81. The van der Waals surface area contributed by atoms with Gasteiger partial charge in [0.05, 0.1) is 18.1 Å². The van der Waals surface area contributed by atoms with E-state index in [4.69, 9.17) is 5.11 Å². The molecule has 0 spiro atoms. The van der Waals surface area contributed by atoms with Crippen molar-refractivity contribution < 1.29 is 24.0 Å². The van der Waals surface area contributed by atoms with Gasteiger partial charge >= 0.3 is 11.9 Å². The third-order valence-corrected chi connectivity index (χ3v) is 7.26. The second kappa shape index (κ2) is 14.6. The highest BCUT2D eigenvalue weighted by atomic mass is 32.2. The lowest BCUT2D eigenvalue weighted by Crippen LogP contribution is -2.17. The van der Waals surface area contributed by atoms with Crippen molar-refractivity contribution in [3.8, 4) is 0 Å². The van der Waals surface area contributed by atoms with Gasteiger partial charge in [0, 0.05) is 16.6 Å². The molecule has 2 aromatic carbocycles. The zero-order valence-corrected chi connectivity index (χ0v) is 19.4. The van der Waals surface area contributed by atoms with Crippen LogP contribution in [0.5, 0.6) is 0 Å². The zero-order chi connectivity index (χ0) is 23.2. The summed E-state index contributed by atoms with van der Waals surface area (Å²) in [7, 11) is -1.55. The van der Waals surface area contributed by atoms with Crippen LogP contribution < -0.4 is 0 Å². The van der Waals surface area contributed by atoms with E-state index in [-0.39, 0.29) is 18.6 Å². The molecule has 0 fully saturated rings. The van der Waals surface area contributed by atoms with E-state index < -0.39 is 28.0 Å². The summed E-state index contributed by atoms with van der Waals surface area (Å²) in [6.45, 7) is 0. The molecule has 32 heavy (non-hydrogen) atoms. The largest absolute Gasteiger partial charge is 0.481 e. The molecule has 174 valence electrons. The van der Waals surface area contributed by atoms with Crippen LogP contribution in [0.3, 0.4) is 0 Å². The monoisotopic (exact) mass is 458 g/mol. The lowest BCUT2D eigenvalue weighted by atomic mass is 9.97. The second-order valence-corrected chi connectivity index (χ2v) is 9.86. The SMILES string of the molecule is O=C(O)CCS(=O)[C@@H](CC(=O)O)c1ccccc1CCCCCCCCc1ccccc1. The van der Waals surface area contributed by atoms with E-state index in [0.29, 0.717) is 0 Å². The first kappa shape index (κ1) is 25.8. The van der Waals surface area contributed by atoms with Crippen LogP contribution in [0.1, 0.15) is 73.3 Å². The molecule has 6 heteroatoms. The van der Waals surface area contributed by atoms with Gasteiger partial charge in [0.2, 0.25) is 0 Å². The van der Waals surface area contributed by atoms with Crippen LogP contribution in [0.15, 0.2) is 54.6 Å². The Kier molecular flexibility index (Phi) is 11.7. The first-order chi connectivity index (χ1) is 15.5. The maximum absolute atomic E-state index is 12.7. The Bertz CT molecular complexity index is 866. The lowest BCUT2D eigenvalue weighted by Gasteiger charge is -2.19. The Morgan fingerprint density at radius 1 is 0.750 bits per heavy atom. The first-order valence-electron chi connectivity index (χ1n) is 11.4. The fourth-order valence-electron chi connectivity index (χ4n) is 3.91. The molecular formula is C26H34O5S. The molecule has 0 bridgehead atoms. The van der Waals surface area contributed by atoms with Gasteiger partial charge in [-0.05, 0) is 42.4 Å². The molecule has 0 radical (unpaired) electrons. The summed E-state index contributed by atoms with van der Waals surface area (Å²) >= 11 is 0. The van der Waals surface area contributed by atoms with Gasteiger partial charge < -0.3 is 10.2 Å². The number of rotatable bonds is 16. The molecule has 2 rings (SSSR count). The number of hydrogen-bond donors (Lipinski definition) is 2. The summed E-state index contributed by atoms with van der Waals surface area (Å²) in [4.78, 5) is 22.2. The number of carbonyl (C=O) groups is 2.